The van der Waals surface area contributed by atoms with Crippen LogP contribution in [0.3, 0.4) is 0 Å². The lowest BCUT2D eigenvalue weighted by Gasteiger charge is -2.23. The molecular formula is C15H23NO. The summed E-state index contributed by atoms with van der Waals surface area (Å²) in [6.07, 6.45) is 1.26. The Balaban J connectivity index is 2.13. The third-order valence-corrected chi connectivity index (χ3v) is 3.95. The summed E-state index contributed by atoms with van der Waals surface area (Å²) in [6.45, 7) is 6.71. The zero-order chi connectivity index (χ0) is 12.5. The molecular weight excluding hydrogens is 210 g/mol. The number of likely N-dealkylation sites (tertiary alicyclic amines) is 1. The van der Waals surface area contributed by atoms with Gasteiger partial charge < -0.3 is 10.0 Å². The van der Waals surface area contributed by atoms with Crippen molar-refractivity contribution < 1.29 is 5.11 Å². The van der Waals surface area contributed by atoms with Crippen molar-refractivity contribution in [3.63, 3.8) is 0 Å². The van der Waals surface area contributed by atoms with E-state index in [1.165, 1.54) is 30.6 Å². The number of likely N-dealkylation sites (N-methyl/N-ethyl adjacent to an activating group) is 1. The van der Waals surface area contributed by atoms with Crippen molar-refractivity contribution in [2.24, 2.45) is 0 Å². The monoisotopic (exact) mass is 233 g/mol. The number of aliphatic hydroxyl groups excluding tert-OH is 1. The molecule has 0 aromatic heterocycles. The summed E-state index contributed by atoms with van der Waals surface area (Å²) in [4.78, 5) is 2.39. The molecule has 1 aromatic carbocycles. The average Bonchev–Trinajstić information content (AvgIpc) is 2.76. The number of nitrogens with zero attached hydrogens (tertiary/aromatic N) is 1. The predicted molar refractivity (Wildman–Crippen MR) is 71.4 cm³/mol. The summed E-state index contributed by atoms with van der Waals surface area (Å²) in [5.74, 6) is 0.686. The van der Waals surface area contributed by atoms with Gasteiger partial charge in [0.05, 0.1) is 6.61 Å². The molecule has 0 bridgehead atoms. The lowest BCUT2D eigenvalue weighted by Crippen LogP contribution is -2.22. The summed E-state index contributed by atoms with van der Waals surface area (Å²) < 4.78 is 0. The third kappa shape index (κ3) is 2.70. The fraction of sp³-hybridized carbons (Fsp3) is 0.600. The van der Waals surface area contributed by atoms with E-state index in [1.54, 1.807) is 0 Å². The molecule has 0 aliphatic carbocycles. The number of benzene rings is 1. The molecule has 1 aliphatic rings. The predicted octanol–water partition coefficient (Wildman–Crippen LogP) is 2.38. The second kappa shape index (κ2) is 4.79. The van der Waals surface area contributed by atoms with Crippen LogP contribution in [0.2, 0.25) is 0 Å². The minimum absolute atomic E-state index is 0.134. The van der Waals surface area contributed by atoms with Crippen LogP contribution in [0.25, 0.3) is 0 Å². The summed E-state index contributed by atoms with van der Waals surface area (Å²) in [6, 6.07) is 8.81. The van der Waals surface area contributed by atoms with E-state index in [0.717, 1.165) is 0 Å². The molecule has 1 heterocycles. The van der Waals surface area contributed by atoms with Gasteiger partial charge in [-0.25, -0.2) is 0 Å². The number of aliphatic hydroxyl groups is 1. The zero-order valence-corrected chi connectivity index (χ0v) is 11.1. The van der Waals surface area contributed by atoms with Crippen molar-refractivity contribution in [3.8, 4) is 0 Å². The molecule has 1 fully saturated rings. The Morgan fingerprint density at radius 1 is 1.29 bits per heavy atom. The van der Waals surface area contributed by atoms with Crippen LogP contribution < -0.4 is 0 Å². The Kier molecular flexibility index (Phi) is 3.55. The highest BCUT2D eigenvalue weighted by Crippen LogP contribution is 2.29. The highest BCUT2D eigenvalue weighted by Gasteiger charge is 2.23. The van der Waals surface area contributed by atoms with Gasteiger partial charge in [0, 0.05) is 12.0 Å². The fourth-order valence-electron chi connectivity index (χ4n) is 2.50. The lowest BCUT2D eigenvalue weighted by atomic mass is 9.84. The van der Waals surface area contributed by atoms with Crippen LogP contribution in [0.5, 0.6) is 0 Å². The summed E-state index contributed by atoms with van der Waals surface area (Å²) >= 11 is 0. The average molecular weight is 233 g/mol. The van der Waals surface area contributed by atoms with Crippen LogP contribution in [0, 0.1) is 0 Å². The molecule has 0 spiro atoms. The normalized spacial score (nSPS) is 22.0. The maximum absolute atomic E-state index is 9.36. The van der Waals surface area contributed by atoms with E-state index in [1.807, 2.05) is 0 Å². The highest BCUT2D eigenvalue weighted by atomic mass is 16.3. The Bertz CT molecular complexity index is 369. The molecule has 1 aromatic rings. The van der Waals surface area contributed by atoms with Gasteiger partial charge in [0.25, 0.3) is 0 Å². The van der Waals surface area contributed by atoms with Crippen LogP contribution >= 0.6 is 0 Å². The molecule has 0 saturated carbocycles. The van der Waals surface area contributed by atoms with E-state index >= 15 is 0 Å². The first-order valence-corrected chi connectivity index (χ1v) is 6.43. The quantitative estimate of drug-likeness (QED) is 0.866. The van der Waals surface area contributed by atoms with Gasteiger partial charge in [-0.3, -0.25) is 0 Å². The van der Waals surface area contributed by atoms with Crippen LogP contribution in [0.15, 0.2) is 24.3 Å². The van der Waals surface area contributed by atoms with Gasteiger partial charge in [-0.1, -0.05) is 38.1 Å². The molecule has 0 amide bonds. The molecule has 94 valence electrons. The Morgan fingerprint density at radius 3 is 2.41 bits per heavy atom. The molecule has 17 heavy (non-hydrogen) atoms. The molecule has 1 saturated heterocycles. The first-order chi connectivity index (χ1) is 8.03. The first-order valence-electron chi connectivity index (χ1n) is 6.43. The van der Waals surface area contributed by atoms with E-state index in [4.69, 9.17) is 0 Å². The minimum Gasteiger partial charge on any atom is -0.395 e. The van der Waals surface area contributed by atoms with Gasteiger partial charge in [-0.2, -0.15) is 0 Å². The van der Waals surface area contributed by atoms with Gasteiger partial charge >= 0.3 is 0 Å². The number of hydrogen-bond donors (Lipinski definition) is 1. The molecule has 0 radical (unpaired) electrons. The second-order valence-electron chi connectivity index (χ2n) is 5.91. The number of rotatable bonds is 3. The molecule has 1 unspecified atom stereocenters. The van der Waals surface area contributed by atoms with E-state index in [-0.39, 0.29) is 12.0 Å². The smallest absolute Gasteiger partial charge is 0.0522 e. The Hall–Kier alpha value is -0.860. The van der Waals surface area contributed by atoms with E-state index in [9.17, 15) is 5.11 Å². The van der Waals surface area contributed by atoms with Crippen molar-refractivity contribution in [1.29, 1.82) is 0 Å². The van der Waals surface area contributed by atoms with Crippen molar-refractivity contribution in [1.82, 2.24) is 4.90 Å². The lowest BCUT2D eigenvalue weighted by molar-refractivity contribution is 0.218. The van der Waals surface area contributed by atoms with E-state index in [2.05, 4.69) is 50.1 Å². The second-order valence-corrected chi connectivity index (χ2v) is 5.91. The van der Waals surface area contributed by atoms with Gasteiger partial charge in [-0.15, -0.1) is 0 Å². The molecule has 2 nitrogen and oxygen atoms in total. The van der Waals surface area contributed by atoms with Crippen LogP contribution in [-0.2, 0) is 5.41 Å². The highest BCUT2D eigenvalue weighted by molar-refractivity contribution is 5.30. The standard InChI is InChI=1S/C15H23NO/c1-15(2,11-17)14-6-4-12(5-7-14)13-8-9-16(3)10-13/h4-7,13,17H,8-11H2,1-3H3. The SMILES string of the molecule is CN1CCC(c2ccc(C(C)(C)CO)cc2)C1. The van der Waals surface area contributed by atoms with Crippen LogP contribution in [0.1, 0.15) is 37.3 Å². The largest absolute Gasteiger partial charge is 0.395 e. The van der Waals surface area contributed by atoms with E-state index < -0.39 is 0 Å². The van der Waals surface area contributed by atoms with Crippen molar-refractivity contribution in [2.75, 3.05) is 26.7 Å². The molecule has 1 atom stereocenters. The summed E-state index contributed by atoms with van der Waals surface area (Å²) in [5, 5.41) is 9.36. The molecule has 2 rings (SSSR count). The maximum Gasteiger partial charge on any atom is 0.0522 e. The van der Waals surface area contributed by atoms with Crippen molar-refractivity contribution >= 4 is 0 Å². The topological polar surface area (TPSA) is 23.5 Å². The van der Waals surface area contributed by atoms with Gasteiger partial charge in [0.15, 0.2) is 0 Å². The molecule has 2 heteroatoms. The minimum atomic E-state index is -0.134. The summed E-state index contributed by atoms with van der Waals surface area (Å²) in [5.41, 5.74) is 2.52. The third-order valence-electron chi connectivity index (χ3n) is 3.95. The Morgan fingerprint density at radius 2 is 1.94 bits per heavy atom. The molecule has 1 aliphatic heterocycles. The van der Waals surface area contributed by atoms with Gasteiger partial charge in [-0.05, 0) is 37.1 Å². The van der Waals surface area contributed by atoms with E-state index in [0.29, 0.717) is 5.92 Å². The van der Waals surface area contributed by atoms with Crippen LogP contribution in [-0.4, -0.2) is 36.8 Å². The first kappa shape index (κ1) is 12.6. The number of hydrogen-bond acceptors (Lipinski definition) is 2. The summed E-state index contributed by atoms with van der Waals surface area (Å²) in [7, 11) is 2.18. The van der Waals surface area contributed by atoms with Gasteiger partial charge in [0.2, 0.25) is 0 Å². The zero-order valence-electron chi connectivity index (χ0n) is 11.1. The van der Waals surface area contributed by atoms with Crippen molar-refractivity contribution in [2.45, 2.75) is 31.6 Å². The van der Waals surface area contributed by atoms with Gasteiger partial charge in [0.1, 0.15) is 0 Å². The van der Waals surface area contributed by atoms with Crippen LogP contribution in [0.4, 0.5) is 0 Å². The maximum atomic E-state index is 9.36. The Labute approximate surface area is 104 Å². The van der Waals surface area contributed by atoms with Crippen molar-refractivity contribution in [3.05, 3.63) is 35.4 Å². The fourth-order valence-corrected chi connectivity index (χ4v) is 2.50. The molecule has 1 N–H and O–H groups in total.